The summed E-state index contributed by atoms with van der Waals surface area (Å²) in [5, 5.41) is 4.73. The van der Waals surface area contributed by atoms with E-state index in [0.717, 1.165) is 18.0 Å². The van der Waals surface area contributed by atoms with Crippen molar-refractivity contribution in [2.75, 3.05) is 6.54 Å². The van der Waals surface area contributed by atoms with Crippen LogP contribution in [0.25, 0.3) is 0 Å². The van der Waals surface area contributed by atoms with Gasteiger partial charge in [-0.2, -0.15) is 0 Å². The van der Waals surface area contributed by atoms with E-state index in [9.17, 15) is 0 Å². The second-order valence-electron chi connectivity index (χ2n) is 4.58. The number of aryl methyl sites for hydroxylation is 2. The van der Waals surface area contributed by atoms with Crippen LogP contribution in [0, 0.1) is 13.8 Å². The zero-order valence-electron chi connectivity index (χ0n) is 11.2. The first-order valence-electron chi connectivity index (χ1n) is 6.43. The summed E-state index contributed by atoms with van der Waals surface area (Å²) >= 11 is 1.77. The molecule has 2 rings (SSSR count). The maximum Gasteiger partial charge on any atom is 0.0897 e. The first-order chi connectivity index (χ1) is 8.70. The highest BCUT2D eigenvalue weighted by molar-refractivity contribution is 7.11. The van der Waals surface area contributed by atoms with Crippen molar-refractivity contribution in [3.05, 3.63) is 51.5 Å². The molecular formula is C15H20N2S. The molecule has 1 aromatic carbocycles. The Hall–Kier alpha value is -1.19. The summed E-state index contributed by atoms with van der Waals surface area (Å²) in [5.74, 6) is 0. The Morgan fingerprint density at radius 1 is 1.22 bits per heavy atom. The van der Waals surface area contributed by atoms with Crippen molar-refractivity contribution in [3.63, 3.8) is 0 Å². The summed E-state index contributed by atoms with van der Waals surface area (Å²) in [7, 11) is 0. The topological polar surface area (TPSA) is 24.9 Å². The second-order valence-corrected chi connectivity index (χ2v) is 5.85. The molecule has 2 aromatic rings. The summed E-state index contributed by atoms with van der Waals surface area (Å²) in [6, 6.07) is 9.03. The van der Waals surface area contributed by atoms with E-state index in [1.807, 2.05) is 6.20 Å². The molecule has 0 aliphatic carbocycles. The van der Waals surface area contributed by atoms with Gasteiger partial charge in [0, 0.05) is 11.1 Å². The molecule has 0 amide bonds. The van der Waals surface area contributed by atoms with Crippen LogP contribution in [0.2, 0.25) is 0 Å². The van der Waals surface area contributed by atoms with Gasteiger partial charge >= 0.3 is 0 Å². The normalized spacial score (nSPS) is 12.6. The standard InChI is InChI=1S/C15H20N2S/c1-4-9-16-15(14-10-17-12(3)18-14)13-7-5-11(2)6-8-13/h5-8,10,15-16H,4,9H2,1-3H3. The predicted molar refractivity (Wildman–Crippen MR) is 78.2 cm³/mol. The van der Waals surface area contributed by atoms with E-state index >= 15 is 0 Å². The van der Waals surface area contributed by atoms with E-state index in [0.29, 0.717) is 0 Å². The van der Waals surface area contributed by atoms with Gasteiger partial charge in [-0.15, -0.1) is 11.3 Å². The molecule has 3 heteroatoms. The van der Waals surface area contributed by atoms with Gasteiger partial charge in [0.15, 0.2) is 0 Å². The fourth-order valence-corrected chi connectivity index (χ4v) is 2.83. The average molecular weight is 260 g/mol. The number of rotatable bonds is 5. The molecule has 96 valence electrons. The van der Waals surface area contributed by atoms with Crippen molar-refractivity contribution in [2.24, 2.45) is 0 Å². The van der Waals surface area contributed by atoms with Crippen molar-refractivity contribution in [1.29, 1.82) is 0 Å². The fraction of sp³-hybridized carbons (Fsp3) is 0.400. The SMILES string of the molecule is CCCNC(c1ccc(C)cc1)c1cnc(C)s1. The van der Waals surface area contributed by atoms with E-state index in [2.05, 4.69) is 55.3 Å². The van der Waals surface area contributed by atoms with E-state index in [-0.39, 0.29) is 6.04 Å². The van der Waals surface area contributed by atoms with E-state index in [1.165, 1.54) is 16.0 Å². The maximum atomic E-state index is 4.37. The van der Waals surface area contributed by atoms with Crippen LogP contribution in [0.5, 0.6) is 0 Å². The largest absolute Gasteiger partial charge is 0.306 e. The molecule has 1 unspecified atom stereocenters. The third-order valence-corrected chi connectivity index (χ3v) is 3.91. The lowest BCUT2D eigenvalue weighted by Crippen LogP contribution is -2.22. The van der Waals surface area contributed by atoms with Crippen LogP contribution in [0.3, 0.4) is 0 Å². The van der Waals surface area contributed by atoms with Gasteiger partial charge in [0.25, 0.3) is 0 Å². The quantitative estimate of drug-likeness (QED) is 0.883. The van der Waals surface area contributed by atoms with Gasteiger partial charge in [-0.1, -0.05) is 36.8 Å². The van der Waals surface area contributed by atoms with Gasteiger partial charge in [0.05, 0.1) is 11.0 Å². The Morgan fingerprint density at radius 2 is 1.94 bits per heavy atom. The lowest BCUT2D eigenvalue weighted by Gasteiger charge is -2.17. The number of thiazole rings is 1. The Balaban J connectivity index is 2.27. The van der Waals surface area contributed by atoms with Crippen LogP contribution in [0.15, 0.2) is 30.5 Å². The molecule has 0 bridgehead atoms. The molecular weight excluding hydrogens is 240 g/mol. The molecule has 0 radical (unpaired) electrons. The monoisotopic (exact) mass is 260 g/mol. The minimum absolute atomic E-state index is 0.275. The molecule has 1 aromatic heterocycles. The van der Waals surface area contributed by atoms with Crippen molar-refractivity contribution in [1.82, 2.24) is 10.3 Å². The summed E-state index contributed by atoms with van der Waals surface area (Å²) in [6.45, 7) is 7.39. The number of nitrogens with one attached hydrogen (secondary N) is 1. The Kier molecular flexibility index (Phi) is 4.50. The van der Waals surface area contributed by atoms with Crippen LogP contribution in [0.4, 0.5) is 0 Å². The second kappa shape index (κ2) is 6.12. The molecule has 0 spiro atoms. The third kappa shape index (κ3) is 3.18. The zero-order chi connectivity index (χ0) is 13.0. The highest BCUT2D eigenvalue weighted by atomic mass is 32.1. The lowest BCUT2D eigenvalue weighted by atomic mass is 10.0. The highest BCUT2D eigenvalue weighted by Crippen LogP contribution is 2.27. The lowest BCUT2D eigenvalue weighted by molar-refractivity contribution is 0.605. The number of hydrogen-bond acceptors (Lipinski definition) is 3. The number of aromatic nitrogens is 1. The molecule has 0 aliphatic rings. The van der Waals surface area contributed by atoms with Gasteiger partial charge < -0.3 is 5.32 Å². The number of nitrogens with zero attached hydrogens (tertiary/aromatic N) is 1. The van der Waals surface area contributed by atoms with Crippen LogP contribution in [0.1, 0.15) is 40.4 Å². The molecule has 0 saturated heterocycles. The van der Waals surface area contributed by atoms with Crippen LogP contribution in [-0.4, -0.2) is 11.5 Å². The third-order valence-electron chi connectivity index (χ3n) is 2.93. The summed E-state index contributed by atoms with van der Waals surface area (Å²) in [4.78, 5) is 5.66. The molecule has 0 saturated carbocycles. The van der Waals surface area contributed by atoms with Crippen LogP contribution in [-0.2, 0) is 0 Å². The van der Waals surface area contributed by atoms with Crippen molar-refractivity contribution in [2.45, 2.75) is 33.2 Å². The first-order valence-corrected chi connectivity index (χ1v) is 7.24. The number of hydrogen-bond donors (Lipinski definition) is 1. The predicted octanol–water partition coefficient (Wildman–Crippen LogP) is 3.85. The Morgan fingerprint density at radius 3 is 2.50 bits per heavy atom. The van der Waals surface area contributed by atoms with Crippen LogP contribution >= 0.6 is 11.3 Å². The molecule has 1 heterocycles. The van der Waals surface area contributed by atoms with Gasteiger partial charge in [-0.25, -0.2) is 4.98 Å². The molecule has 0 fully saturated rings. The van der Waals surface area contributed by atoms with Gasteiger partial charge in [-0.3, -0.25) is 0 Å². The van der Waals surface area contributed by atoms with E-state index in [4.69, 9.17) is 0 Å². The molecule has 0 aliphatic heterocycles. The Bertz CT molecular complexity index is 487. The summed E-state index contributed by atoms with van der Waals surface area (Å²) in [5.41, 5.74) is 2.62. The van der Waals surface area contributed by atoms with Crippen molar-refractivity contribution in [3.8, 4) is 0 Å². The molecule has 1 atom stereocenters. The van der Waals surface area contributed by atoms with Crippen LogP contribution < -0.4 is 5.32 Å². The van der Waals surface area contributed by atoms with E-state index < -0.39 is 0 Å². The van der Waals surface area contributed by atoms with Crippen molar-refractivity contribution >= 4 is 11.3 Å². The zero-order valence-corrected chi connectivity index (χ0v) is 12.1. The average Bonchev–Trinajstić information content (AvgIpc) is 2.78. The minimum Gasteiger partial charge on any atom is -0.306 e. The summed E-state index contributed by atoms with van der Waals surface area (Å²) < 4.78 is 0. The van der Waals surface area contributed by atoms with Gasteiger partial charge in [0.1, 0.15) is 0 Å². The molecule has 2 nitrogen and oxygen atoms in total. The highest BCUT2D eigenvalue weighted by Gasteiger charge is 2.15. The minimum atomic E-state index is 0.275. The first kappa shape index (κ1) is 13.2. The smallest absolute Gasteiger partial charge is 0.0897 e. The summed E-state index contributed by atoms with van der Waals surface area (Å²) in [6.07, 6.45) is 3.13. The van der Waals surface area contributed by atoms with Crippen molar-refractivity contribution < 1.29 is 0 Å². The Labute approximate surface area is 113 Å². The van der Waals surface area contributed by atoms with Gasteiger partial charge in [0.2, 0.25) is 0 Å². The fourth-order valence-electron chi connectivity index (χ4n) is 1.94. The maximum absolute atomic E-state index is 4.37. The number of benzene rings is 1. The molecule has 1 N–H and O–H groups in total. The van der Waals surface area contributed by atoms with Gasteiger partial charge in [-0.05, 0) is 32.4 Å². The van der Waals surface area contributed by atoms with E-state index in [1.54, 1.807) is 11.3 Å². The molecule has 18 heavy (non-hydrogen) atoms.